The van der Waals surface area contributed by atoms with Crippen LogP contribution in [0.1, 0.15) is 54.9 Å². The Balaban J connectivity index is 1.74. The third kappa shape index (κ3) is 5.36. The molecule has 0 radical (unpaired) electrons. The number of carbonyl (C=O) groups excluding carboxylic acids is 1. The van der Waals surface area contributed by atoms with Crippen molar-refractivity contribution in [1.29, 1.82) is 0 Å². The monoisotopic (exact) mass is 416 g/mol. The smallest absolute Gasteiger partial charge is 0.261 e. The highest BCUT2D eigenvalue weighted by Crippen LogP contribution is 2.23. The molecule has 1 aliphatic heterocycles. The molecule has 0 spiro atoms. The second-order valence-electron chi connectivity index (χ2n) is 7.37. The van der Waals surface area contributed by atoms with Crippen LogP contribution in [-0.4, -0.2) is 33.6 Å². The van der Waals surface area contributed by atoms with Crippen molar-refractivity contribution in [3.05, 3.63) is 59.7 Å². The maximum absolute atomic E-state index is 12.8. The molecule has 2 aromatic carbocycles. The fraction of sp³-hybridized carbons (Fsp3) is 0.409. The lowest BCUT2D eigenvalue weighted by atomic mass is 9.99. The first kappa shape index (κ1) is 21.3. The molecule has 0 aromatic heterocycles. The van der Waals surface area contributed by atoms with Crippen molar-refractivity contribution in [3.8, 4) is 0 Å². The molecular formula is C22H28N2O4S. The van der Waals surface area contributed by atoms with Crippen LogP contribution in [0.25, 0.3) is 0 Å². The van der Waals surface area contributed by atoms with Gasteiger partial charge in [0, 0.05) is 13.2 Å². The van der Waals surface area contributed by atoms with E-state index in [0.717, 1.165) is 24.8 Å². The van der Waals surface area contributed by atoms with Gasteiger partial charge in [0.05, 0.1) is 22.3 Å². The molecule has 0 saturated carbocycles. The summed E-state index contributed by atoms with van der Waals surface area (Å²) in [5, 5.41) is 2.83. The van der Waals surface area contributed by atoms with Crippen LogP contribution in [0.4, 0.5) is 5.69 Å². The fourth-order valence-corrected chi connectivity index (χ4v) is 4.37. The van der Waals surface area contributed by atoms with Gasteiger partial charge in [-0.25, -0.2) is 8.42 Å². The summed E-state index contributed by atoms with van der Waals surface area (Å²) in [6.45, 7) is 5.33. The highest BCUT2D eigenvalue weighted by atomic mass is 32.2. The molecule has 1 fully saturated rings. The van der Waals surface area contributed by atoms with Gasteiger partial charge in [0.1, 0.15) is 0 Å². The van der Waals surface area contributed by atoms with Gasteiger partial charge in [-0.2, -0.15) is 0 Å². The van der Waals surface area contributed by atoms with E-state index in [2.05, 4.69) is 23.9 Å². The third-order valence-electron chi connectivity index (χ3n) is 5.30. The van der Waals surface area contributed by atoms with E-state index >= 15 is 0 Å². The zero-order valence-electron chi connectivity index (χ0n) is 16.9. The predicted molar refractivity (Wildman–Crippen MR) is 114 cm³/mol. The Bertz CT molecular complexity index is 936. The van der Waals surface area contributed by atoms with Crippen molar-refractivity contribution in [1.82, 2.24) is 5.32 Å². The van der Waals surface area contributed by atoms with Crippen LogP contribution in [0.15, 0.2) is 53.4 Å². The Kier molecular flexibility index (Phi) is 6.92. The van der Waals surface area contributed by atoms with Crippen molar-refractivity contribution in [2.75, 3.05) is 17.9 Å². The number of nitrogens with one attached hydrogen (secondary N) is 2. The fourth-order valence-electron chi connectivity index (χ4n) is 3.29. The molecule has 2 N–H and O–H groups in total. The molecule has 6 nitrogen and oxygen atoms in total. The Labute approximate surface area is 172 Å². The van der Waals surface area contributed by atoms with Crippen LogP contribution >= 0.6 is 0 Å². The molecule has 7 heteroatoms. The van der Waals surface area contributed by atoms with Crippen LogP contribution in [-0.2, 0) is 14.8 Å². The molecule has 2 atom stereocenters. The number of sulfonamides is 1. The van der Waals surface area contributed by atoms with Crippen LogP contribution in [0.5, 0.6) is 0 Å². The summed E-state index contributed by atoms with van der Waals surface area (Å²) in [7, 11) is -3.80. The Morgan fingerprint density at radius 2 is 1.90 bits per heavy atom. The lowest BCUT2D eigenvalue weighted by molar-refractivity contribution is 0.0858. The minimum atomic E-state index is -3.80. The zero-order chi connectivity index (χ0) is 20.9. The number of rotatable bonds is 8. The Morgan fingerprint density at radius 1 is 1.17 bits per heavy atom. The second kappa shape index (κ2) is 9.41. The summed E-state index contributed by atoms with van der Waals surface area (Å²) < 4.78 is 33.7. The van der Waals surface area contributed by atoms with Gasteiger partial charge in [-0.05, 0) is 55.0 Å². The third-order valence-corrected chi connectivity index (χ3v) is 6.68. The molecule has 2 aromatic rings. The van der Waals surface area contributed by atoms with Crippen molar-refractivity contribution in [2.24, 2.45) is 0 Å². The van der Waals surface area contributed by atoms with Crippen LogP contribution in [0, 0.1) is 0 Å². The van der Waals surface area contributed by atoms with E-state index in [0.29, 0.717) is 19.1 Å². The number of carbonyl (C=O) groups is 1. The summed E-state index contributed by atoms with van der Waals surface area (Å²) >= 11 is 0. The number of hydrogen-bond acceptors (Lipinski definition) is 4. The zero-order valence-corrected chi connectivity index (χ0v) is 17.7. The first-order valence-corrected chi connectivity index (χ1v) is 11.5. The van der Waals surface area contributed by atoms with Crippen LogP contribution in [0.3, 0.4) is 0 Å². The standard InChI is InChI=1S/C22H28N2O4S/c1-3-16(2)17-10-12-19(13-11-17)29(26,27)24-21-9-5-4-8-20(21)22(25)23-15-18-7-6-14-28-18/h4-5,8-13,16,18,24H,3,6-7,14-15H2,1-2H3,(H,23,25)/t16-,18+/m0/s1. The van der Waals surface area contributed by atoms with E-state index in [-0.39, 0.29) is 28.2 Å². The van der Waals surface area contributed by atoms with Gasteiger partial charge in [-0.3, -0.25) is 9.52 Å². The summed E-state index contributed by atoms with van der Waals surface area (Å²) in [4.78, 5) is 12.8. The quantitative estimate of drug-likeness (QED) is 0.683. The molecule has 1 aliphatic rings. The molecule has 0 aliphatic carbocycles. The highest BCUT2D eigenvalue weighted by Gasteiger charge is 2.21. The molecule has 29 heavy (non-hydrogen) atoms. The van der Waals surface area contributed by atoms with E-state index in [9.17, 15) is 13.2 Å². The first-order valence-electron chi connectivity index (χ1n) is 10.0. The Hall–Kier alpha value is -2.38. The molecule has 0 unspecified atom stereocenters. The lowest BCUT2D eigenvalue weighted by Gasteiger charge is -2.15. The predicted octanol–water partition coefficient (Wildman–Crippen LogP) is 3.91. The minimum Gasteiger partial charge on any atom is -0.376 e. The number of para-hydroxylation sites is 1. The summed E-state index contributed by atoms with van der Waals surface area (Å²) in [5.41, 5.74) is 1.63. The number of hydrogen-bond donors (Lipinski definition) is 2. The van der Waals surface area contributed by atoms with Gasteiger partial charge >= 0.3 is 0 Å². The lowest BCUT2D eigenvalue weighted by Crippen LogP contribution is -2.32. The average Bonchev–Trinajstić information content (AvgIpc) is 3.25. The van der Waals surface area contributed by atoms with Gasteiger partial charge in [0.15, 0.2) is 0 Å². The van der Waals surface area contributed by atoms with E-state index in [4.69, 9.17) is 4.74 Å². The van der Waals surface area contributed by atoms with Crippen molar-refractivity contribution >= 4 is 21.6 Å². The summed E-state index contributed by atoms with van der Waals surface area (Å²) in [6, 6.07) is 13.5. The van der Waals surface area contributed by atoms with Gasteiger partial charge in [-0.1, -0.05) is 38.1 Å². The summed E-state index contributed by atoms with van der Waals surface area (Å²) in [5.74, 6) is 0.0406. The van der Waals surface area contributed by atoms with E-state index in [1.807, 2.05) is 12.1 Å². The first-order chi connectivity index (χ1) is 13.9. The number of amides is 1. The maximum atomic E-state index is 12.8. The summed E-state index contributed by atoms with van der Waals surface area (Å²) in [6.07, 6.45) is 2.92. The SMILES string of the molecule is CC[C@H](C)c1ccc(S(=O)(=O)Nc2ccccc2C(=O)NC[C@H]2CCCO2)cc1. The van der Waals surface area contributed by atoms with Crippen molar-refractivity contribution in [2.45, 2.75) is 50.0 Å². The highest BCUT2D eigenvalue weighted by molar-refractivity contribution is 7.92. The maximum Gasteiger partial charge on any atom is 0.261 e. The molecule has 1 heterocycles. The van der Waals surface area contributed by atoms with Gasteiger partial charge in [0.25, 0.3) is 15.9 Å². The van der Waals surface area contributed by atoms with Crippen LogP contribution < -0.4 is 10.0 Å². The van der Waals surface area contributed by atoms with E-state index in [1.165, 1.54) is 0 Å². The van der Waals surface area contributed by atoms with Crippen molar-refractivity contribution < 1.29 is 17.9 Å². The average molecular weight is 417 g/mol. The second-order valence-corrected chi connectivity index (χ2v) is 9.06. The largest absolute Gasteiger partial charge is 0.376 e. The molecule has 1 saturated heterocycles. The number of ether oxygens (including phenoxy) is 1. The minimum absolute atomic E-state index is 0.0202. The van der Waals surface area contributed by atoms with Crippen molar-refractivity contribution in [3.63, 3.8) is 0 Å². The normalized spacial score (nSPS) is 17.7. The molecular weight excluding hydrogens is 388 g/mol. The molecule has 156 valence electrons. The molecule has 3 rings (SSSR count). The number of benzene rings is 2. The number of anilines is 1. The Morgan fingerprint density at radius 3 is 2.55 bits per heavy atom. The molecule has 1 amide bonds. The van der Waals surface area contributed by atoms with Gasteiger partial charge in [-0.15, -0.1) is 0 Å². The van der Waals surface area contributed by atoms with Gasteiger partial charge < -0.3 is 10.1 Å². The van der Waals surface area contributed by atoms with Crippen LogP contribution in [0.2, 0.25) is 0 Å². The molecule has 0 bridgehead atoms. The topological polar surface area (TPSA) is 84.5 Å². The van der Waals surface area contributed by atoms with Gasteiger partial charge in [0.2, 0.25) is 0 Å². The van der Waals surface area contributed by atoms with E-state index in [1.54, 1.807) is 36.4 Å². The van der Waals surface area contributed by atoms with E-state index < -0.39 is 10.0 Å².